The minimum atomic E-state index is -4.55. The molecule has 0 saturated carbocycles. The Labute approximate surface area is 129 Å². The Balaban J connectivity index is 2.80. The fraction of sp³-hybridized carbons (Fsp3) is 0.462. The van der Waals surface area contributed by atoms with Crippen molar-refractivity contribution in [3.8, 4) is 0 Å². The van der Waals surface area contributed by atoms with Crippen LogP contribution in [0.2, 0.25) is 0 Å². The number of halogens is 4. The summed E-state index contributed by atoms with van der Waals surface area (Å²) in [7, 11) is -3.18. The average molecular weight is 387 g/mol. The summed E-state index contributed by atoms with van der Waals surface area (Å²) in [4.78, 5) is 11.8. The first kappa shape index (κ1) is 18.2. The molecule has 0 aliphatic carbocycles. The number of sulfone groups is 1. The van der Waals surface area contributed by atoms with Crippen molar-refractivity contribution in [1.82, 2.24) is 0 Å². The molecule has 0 aliphatic heterocycles. The van der Waals surface area contributed by atoms with E-state index in [0.717, 1.165) is 6.07 Å². The standard InChI is InChI=1S/C13H14BrF3O3S/c1-2-21(19,20)7-3-4-12(18)9-5-6-11(14)10(8-9)13(15,16)17/h5-6,8H,2-4,7H2,1H3. The van der Waals surface area contributed by atoms with Crippen LogP contribution in [0.5, 0.6) is 0 Å². The molecule has 0 heterocycles. The van der Waals surface area contributed by atoms with E-state index in [4.69, 9.17) is 0 Å². The Kier molecular flexibility index (Phi) is 5.98. The molecule has 0 aliphatic rings. The van der Waals surface area contributed by atoms with Crippen LogP contribution in [-0.4, -0.2) is 25.7 Å². The largest absolute Gasteiger partial charge is 0.417 e. The smallest absolute Gasteiger partial charge is 0.294 e. The van der Waals surface area contributed by atoms with Gasteiger partial charge in [0.25, 0.3) is 0 Å². The van der Waals surface area contributed by atoms with Gasteiger partial charge in [0.2, 0.25) is 0 Å². The van der Waals surface area contributed by atoms with Gasteiger partial charge in [-0.25, -0.2) is 8.42 Å². The van der Waals surface area contributed by atoms with E-state index in [0.29, 0.717) is 0 Å². The second kappa shape index (κ2) is 6.91. The van der Waals surface area contributed by atoms with Gasteiger partial charge in [-0.1, -0.05) is 28.9 Å². The molecule has 0 spiro atoms. The molecule has 1 aromatic rings. The van der Waals surface area contributed by atoms with Crippen LogP contribution in [0, 0.1) is 0 Å². The third-order valence-corrected chi connectivity index (χ3v) is 5.37. The number of alkyl halides is 3. The van der Waals surface area contributed by atoms with E-state index in [1.807, 2.05) is 0 Å². The van der Waals surface area contributed by atoms with Crippen LogP contribution in [0.1, 0.15) is 35.7 Å². The van der Waals surface area contributed by atoms with E-state index < -0.39 is 27.4 Å². The molecule has 0 atom stereocenters. The van der Waals surface area contributed by atoms with Gasteiger partial charge in [-0.15, -0.1) is 0 Å². The lowest BCUT2D eigenvalue weighted by Crippen LogP contribution is -2.11. The van der Waals surface area contributed by atoms with Crippen molar-refractivity contribution in [3.63, 3.8) is 0 Å². The molecule has 0 unspecified atom stereocenters. The van der Waals surface area contributed by atoms with Crippen molar-refractivity contribution in [2.75, 3.05) is 11.5 Å². The minimum absolute atomic E-state index is 0.0162. The van der Waals surface area contributed by atoms with Crippen molar-refractivity contribution < 1.29 is 26.4 Å². The normalized spacial score (nSPS) is 12.4. The molecule has 0 aromatic heterocycles. The summed E-state index contributed by atoms with van der Waals surface area (Å²) in [6.07, 6.45) is -4.55. The number of ketones is 1. The zero-order valence-electron chi connectivity index (χ0n) is 11.2. The van der Waals surface area contributed by atoms with Gasteiger partial charge in [0.05, 0.1) is 11.3 Å². The van der Waals surface area contributed by atoms with Gasteiger partial charge in [-0.3, -0.25) is 4.79 Å². The molecule has 0 saturated heterocycles. The summed E-state index contributed by atoms with van der Waals surface area (Å²) < 4.78 is 60.6. The first-order chi connectivity index (χ1) is 9.57. The lowest BCUT2D eigenvalue weighted by atomic mass is 10.0. The number of hydrogen-bond donors (Lipinski definition) is 0. The molecular formula is C13H14BrF3O3S. The van der Waals surface area contributed by atoms with Gasteiger partial charge < -0.3 is 0 Å². The van der Waals surface area contributed by atoms with Crippen molar-refractivity contribution >= 4 is 31.6 Å². The van der Waals surface area contributed by atoms with Crippen molar-refractivity contribution in [2.24, 2.45) is 0 Å². The highest BCUT2D eigenvalue weighted by Crippen LogP contribution is 2.35. The molecule has 0 radical (unpaired) electrons. The second-order valence-corrected chi connectivity index (χ2v) is 7.78. The highest BCUT2D eigenvalue weighted by Gasteiger charge is 2.33. The Morgan fingerprint density at radius 1 is 1.29 bits per heavy atom. The van der Waals surface area contributed by atoms with E-state index >= 15 is 0 Å². The van der Waals surface area contributed by atoms with Crippen LogP contribution >= 0.6 is 15.9 Å². The fourth-order valence-electron chi connectivity index (χ4n) is 1.66. The minimum Gasteiger partial charge on any atom is -0.294 e. The van der Waals surface area contributed by atoms with Gasteiger partial charge in [0.1, 0.15) is 9.84 Å². The molecule has 8 heteroatoms. The maximum absolute atomic E-state index is 12.7. The van der Waals surface area contributed by atoms with Gasteiger partial charge >= 0.3 is 6.18 Å². The number of Topliss-reactive ketones (excluding diaryl/α,β-unsaturated/α-hetero) is 1. The molecule has 118 valence electrons. The molecule has 0 bridgehead atoms. The van der Waals surface area contributed by atoms with Gasteiger partial charge in [-0.05, 0) is 18.6 Å². The molecule has 0 N–H and O–H groups in total. The maximum atomic E-state index is 12.7. The van der Waals surface area contributed by atoms with E-state index in [2.05, 4.69) is 15.9 Å². The Morgan fingerprint density at radius 2 is 1.90 bits per heavy atom. The molecule has 1 rings (SSSR count). The summed E-state index contributed by atoms with van der Waals surface area (Å²) in [5.74, 6) is -0.658. The topological polar surface area (TPSA) is 51.2 Å². The molecular weight excluding hydrogens is 373 g/mol. The summed E-state index contributed by atoms with van der Waals surface area (Å²) in [6, 6.07) is 3.23. The summed E-state index contributed by atoms with van der Waals surface area (Å²) in [5, 5.41) is 0. The monoisotopic (exact) mass is 386 g/mol. The zero-order chi connectivity index (χ0) is 16.3. The Hall–Kier alpha value is -0.890. The average Bonchev–Trinajstić information content (AvgIpc) is 2.37. The molecule has 0 amide bonds. The first-order valence-corrected chi connectivity index (χ1v) is 8.78. The zero-order valence-corrected chi connectivity index (χ0v) is 13.6. The fourth-order valence-corrected chi connectivity index (χ4v) is 3.00. The van der Waals surface area contributed by atoms with Gasteiger partial charge in [-0.2, -0.15) is 13.2 Å². The molecule has 1 aromatic carbocycles. The molecule has 21 heavy (non-hydrogen) atoms. The highest BCUT2D eigenvalue weighted by atomic mass is 79.9. The molecule has 0 fully saturated rings. The predicted octanol–water partition coefficient (Wildman–Crippen LogP) is 3.87. The van der Waals surface area contributed by atoms with Crippen LogP contribution in [0.25, 0.3) is 0 Å². The van der Waals surface area contributed by atoms with E-state index in [9.17, 15) is 26.4 Å². The third kappa shape index (κ3) is 5.43. The van der Waals surface area contributed by atoms with Crippen molar-refractivity contribution in [3.05, 3.63) is 33.8 Å². The number of carbonyl (C=O) groups is 1. The quantitative estimate of drug-likeness (QED) is 0.697. The van der Waals surface area contributed by atoms with E-state index in [1.165, 1.54) is 19.1 Å². The number of hydrogen-bond acceptors (Lipinski definition) is 3. The SMILES string of the molecule is CCS(=O)(=O)CCCC(=O)c1ccc(Br)c(C(F)(F)F)c1. The Morgan fingerprint density at radius 3 is 2.43 bits per heavy atom. The molecule has 3 nitrogen and oxygen atoms in total. The van der Waals surface area contributed by atoms with E-state index in [1.54, 1.807) is 0 Å². The number of benzene rings is 1. The number of rotatable bonds is 6. The number of carbonyl (C=O) groups excluding carboxylic acids is 1. The van der Waals surface area contributed by atoms with Crippen LogP contribution in [0.3, 0.4) is 0 Å². The second-order valence-electron chi connectivity index (χ2n) is 4.46. The van der Waals surface area contributed by atoms with Crippen molar-refractivity contribution in [2.45, 2.75) is 25.9 Å². The Bertz CT molecular complexity index is 624. The van der Waals surface area contributed by atoms with Crippen molar-refractivity contribution in [1.29, 1.82) is 0 Å². The predicted molar refractivity (Wildman–Crippen MR) is 77.0 cm³/mol. The lowest BCUT2D eigenvalue weighted by Gasteiger charge is -2.10. The van der Waals surface area contributed by atoms with E-state index in [-0.39, 0.29) is 34.4 Å². The summed E-state index contributed by atoms with van der Waals surface area (Å²) in [5.41, 5.74) is -0.992. The third-order valence-electron chi connectivity index (χ3n) is 2.89. The van der Waals surface area contributed by atoms with Gasteiger partial charge in [0.15, 0.2) is 5.78 Å². The first-order valence-electron chi connectivity index (χ1n) is 6.17. The van der Waals surface area contributed by atoms with Gasteiger partial charge in [0, 0.05) is 22.2 Å². The van der Waals surface area contributed by atoms with Crippen LogP contribution in [0.15, 0.2) is 22.7 Å². The lowest BCUT2D eigenvalue weighted by molar-refractivity contribution is -0.138. The van der Waals surface area contributed by atoms with Crippen LogP contribution in [0.4, 0.5) is 13.2 Å². The summed E-state index contributed by atoms with van der Waals surface area (Å²) >= 11 is 2.79. The maximum Gasteiger partial charge on any atom is 0.417 e. The summed E-state index contributed by atoms with van der Waals surface area (Å²) in [6.45, 7) is 1.50. The van der Waals surface area contributed by atoms with Crippen LogP contribution < -0.4 is 0 Å². The van der Waals surface area contributed by atoms with Crippen LogP contribution in [-0.2, 0) is 16.0 Å². The highest BCUT2D eigenvalue weighted by molar-refractivity contribution is 9.10.